The van der Waals surface area contributed by atoms with Crippen LogP contribution in [0.2, 0.25) is 0 Å². The van der Waals surface area contributed by atoms with Crippen molar-refractivity contribution in [2.24, 2.45) is 0 Å². The molecule has 0 unspecified atom stereocenters. The van der Waals surface area contributed by atoms with E-state index in [0.29, 0.717) is 33.4 Å². The zero-order valence-electron chi connectivity index (χ0n) is 14.7. The molecular weight excluding hydrogens is 376 g/mol. The van der Waals surface area contributed by atoms with Gasteiger partial charge in [0.2, 0.25) is 11.5 Å². The molecule has 3 heterocycles. The van der Waals surface area contributed by atoms with Gasteiger partial charge < -0.3 is 23.5 Å². The summed E-state index contributed by atoms with van der Waals surface area (Å²) in [6, 6.07) is 14.0. The predicted molar refractivity (Wildman–Crippen MR) is 103 cm³/mol. The van der Waals surface area contributed by atoms with E-state index < -0.39 is 11.9 Å². The topological polar surface area (TPSA) is 114 Å². The van der Waals surface area contributed by atoms with Gasteiger partial charge in [-0.15, -0.1) is 0 Å². The molecule has 0 saturated heterocycles. The van der Waals surface area contributed by atoms with E-state index in [0.717, 1.165) is 10.8 Å². The average Bonchev–Trinajstić information content (AvgIpc) is 3.44. The van der Waals surface area contributed by atoms with E-state index >= 15 is 0 Å². The van der Waals surface area contributed by atoms with Gasteiger partial charge in [0.15, 0.2) is 0 Å². The molecule has 0 bridgehead atoms. The summed E-state index contributed by atoms with van der Waals surface area (Å²) in [7, 11) is 0. The molecule has 2 aromatic carbocycles. The molecule has 142 valence electrons. The second kappa shape index (κ2) is 6.13. The maximum atomic E-state index is 11.5. The predicted octanol–water partition coefficient (Wildman–Crippen LogP) is 5.50. The van der Waals surface area contributed by atoms with Gasteiger partial charge in [0.05, 0.1) is 12.5 Å². The number of carboxylic acid groups (broad SMARTS) is 2. The Hall–Kier alpha value is -4.26. The summed E-state index contributed by atoms with van der Waals surface area (Å²) in [5, 5.41) is 20.3. The molecule has 2 N–H and O–H groups in total. The van der Waals surface area contributed by atoms with E-state index in [9.17, 15) is 19.8 Å². The normalized spacial score (nSPS) is 11.3. The van der Waals surface area contributed by atoms with E-state index in [2.05, 4.69) is 0 Å². The fourth-order valence-corrected chi connectivity index (χ4v) is 3.62. The van der Waals surface area contributed by atoms with Crippen molar-refractivity contribution in [3.63, 3.8) is 0 Å². The molecule has 7 heteroatoms. The molecule has 0 aliphatic rings. The lowest BCUT2D eigenvalue weighted by Crippen LogP contribution is -1.95. The Kier molecular flexibility index (Phi) is 3.57. The molecule has 5 rings (SSSR count). The van der Waals surface area contributed by atoms with Gasteiger partial charge in [0.25, 0.3) is 0 Å². The summed E-state index contributed by atoms with van der Waals surface area (Å²) in [5.41, 5.74) is 2.91. The third-order valence-electron chi connectivity index (χ3n) is 4.82. The third-order valence-corrected chi connectivity index (χ3v) is 4.82. The summed E-state index contributed by atoms with van der Waals surface area (Å²) in [4.78, 5) is 23.0. The van der Waals surface area contributed by atoms with Gasteiger partial charge in [0, 0.05) is 33.0 Å². The maximum Gasteiger partial charge on any atom is 0.372 e. The van der Waals surface area contributed by atoms with Crippen LogP contribution >= 0.6 is 0 Å². The fraction of sp³-hybridized carbons (Fsp3) is 0. The van der Waals surface area contributed by atoms with Gasteiger partial charge in [-0.2, -0.15) is 0 Å². The van der Waals surface area contributed by atoms with Crippen LogP contribution in [0.15, 0.2) is 74.3 Å². The Balaban J connectivity index is 1.83. The average molecular weight is 388 g/mol. The lowest BCUT2D eigenvalue weighted by Gasteiger charge is -2.01. The van der Waals surface area contributed by atoms with Gasteiger partial charge in [-0.1, -0.05) is 36.4 Å². The standard InChI is InChI=1S/C22H12O7/c23-21(24)19-15(7-9-27-19)13-5-1-3-11-12-4-2-6-14(18(12)29-17(11)13)16-8-10-28-20(16)22(25)26/h1-10H,(H,23,24)(H,25,26). The number of rotatable bonds is 4. The van der Waals surface area contributed by atoms with Gasteiger partial charge in [0.1, 0.15) is 11.2 Å². The quantitative estimate of drug-likeness (QED) is 0.418. The number of hydrogen-bond acceptors (Lipinski definition) is 5. The number of fused-ring (bicyclic) bond motifs is 3. The third kappa shape index (κ3) is 2.45. The highest BCUT2D eigenvalue weighted by Crippen LogP contribution is 2.41. The van der Waals surface area contributed by atoms with Gasteiger partial charge in [-0.05, 0) is 12.1 Å². The van der Waals surface area contributed by atoms with E-state index in [1.807, 2.05) is 12.1 Å². The first-order valence-corrected chi connectivity index (χ1v) is 8.63. The largest absolute Gasteiger partial charge is 0.475 e. The number of carbonyl (C=O) groups is 2. The first kappa shape index (κ1) is 16.9. The minimum Gasteiger partial charge on any atom is -0.475 e. The molecule has 5 aromatic rings. The zero-order chi connectivity index (χ0) is 20.1. The summed E-state index contributed by atoms with van der Waals surface area (Å²) < 4.78 is 16.4. The van der Waals surface area contributed by atoms with Crippen molar-refractivity contribution in [3.8, 4) is 22.3 Å². The number of hydrogen-bond donors (Lipinski definition) is 2. The van der Waals surface area contributed by atoms with E-state index in [4.69, 9.17) is 13.3 Å². The van der Waals surface area contributed by atoms with Crippen molar-refractivity contribution in [1.82, 2.24) is 0 Å². The molecule has 0 atom stereocenters. The first-order valence-electron chi connectivity index (χ1n) is 8.63. The number of benzene rings is 2. The minimum absolute atomic E-state index is 0.179. The van der Waals surface area contributed by atoms with Crippen molar-refractivity contribution in [1.29, 1.82) is 0 Å². The Morgan fingerprint density at radius 2 is 1.07 bits per heavy atom. The summed E-state index contributed by atoms with van der Waals surface area (Å²) in [6.45, 7) is 0. The molecule has 0 amide bonds. The van der Waals surface area contributed by atoms with Crippen LogP contribution in [-0.4, -0.2) is 22.2 Å². The Morgan fingerprint density at radius 1 is 0.621 bits per heavy atom. The van der Waals surface area contributed by atoms with Gasteiger partial charge >= 0.3 is 11.9 Å². The highest BCUT2D eigenvalue weighted by molar-refractivity contribution is 6.14. The highest BCUT2D eigenvalue weighted by Gasteiger charge is 2.23. The number of carboxylic acids is 2. The van der Waals surface area contributed by atoms with E-state index in [-0.39, 0.29) is 11.5 Å². The van der Waals surface area contributed by atoms with Crippen LogP contribution in [0.5, 0.6) is 0 Å². The van der Waals surface area contributed by atoms with Crippen LogP contribution in [0.25, 0.3) is 44.2 Å². The summed E-state index contributed by atoms with van der Waals surface area (Å²) in [6.07, 6.45) is 2.63. The Labute approximate surface area is 162 Å². The Bertz CT molecular complexity index is 1310. The molecular formula is C22H12O7. The second-order valence-electron chi connectivity index (χ2n) is 6.40. The van der Waals surface area contributed by atoms with Crippen LogP contribution in [0.1, 0.15) is 21.1 Å². The minimum atomic E-state index is -1.18. The molecule has 29 heavy (non-hydrogen) atoms. The van der Waals surface area contributed by atoms with Crippen LogP contribution in [0, 0.1) is 0 Å². The molecule has 0 aliphatic carbocycles. The molecule has 0 saturated carbocycles. The molecule has 0 radical (unpaired) electrons. The highest BCUT2D eigenvalue weighted by atomic mass is 16.4. The van der Waals surface area contributed by atoms with Crippen molar-refractivity contribution in [2.45, 2.75) is 0 Å². The zero-order valence-corrected chi connectivity index (χ0v) is 14.7. The molecule has 7 nitrogen and oxygen atoms in total. The van der Waals surface area contributed by atoms with Crippen molar-refractivity contribution >= 4 is 33.9 Å². The molecule has 0 fully saturated rings. The maximum absolute atomic E-state index is 11.5. The molecule has 3 aromatic heterocycles. The second-order valence-corrected chi connectivity index (χ2v) is 6.40. The van der Waals surface area contributed by atoms with E-state index in [1.54, 1.807) is 36.4 Å². The monoisotopic (exact) mass is 388 g/mol. The molecule has 0 spiro atoms. The summed E-state index contributed by atoms with van der Waals surface area (Å²) >= 11 is 0. The van der Waals surface area contributed by atoms with Crippen molar-refractivity contribution < 1.29 is 33.1 Å². The fourth-order valence-electron chi connectivity index (χ4n) is 3.62. The van der Waals surface area contributed by atoms with E-state index in [1.165, 1.54) is 12.5 Å². The van der Waals surface area contributed by atoms with Crippen molar-refractivity contribution in [3.05, 3.63) is 72.6 Å². The van der Waals surface area contributed by atoms with Gasteiger partial charge in [-0.25, -0.2) is 9.59 Å². The van der Waals surface area contributed by atoms with Crippen LogP contribution < -0.4 is 0 Å². The lowest BCUT2D eigenvalue weighted by molar-refractivity contribution is 0.0653. The van der Waals surface area contributed by atoms with Gasteiger partial charge in [-0.3, -0.25) is 0 Å². The number of para-hydroxylation sites is 2. The number of aromatic carboxylic acids is 2. The van der Waals surface area contributed by atoms with Crippen molar-refractivity contribution in [2.75, 3.05) is 0 Å². The van der Waals surface area contributed by atoms with Crippen LogP contribution in [0.3, 0.4) is 0 Å². The smallest absolute Gasteiger partial charge is 0.372 e. The molecule has 0 aliphatic heterocycles. The number of furan rings is 3. The van der Waals surface area contributed by atoms with Crippen LogP contribution in [0.4, 0.5) is 0 Å². The summed E-state index contributed by atoms with van der Waals surface area (Å²) in [5.74, 6) is -2.71. The first-order chi connectivity index (χ1) is 14.1. The SMILES string of the molecule is O=C(O)c1occc1-c1cccc2c1oc1c(-c3ccoc3C(=O)O)cccc12. The Morgan fingerprint density at radius 3 is 1.48 bits per heavy atom. The lowest BCUT2D eigenvalue weighted by atomic mass is 10.0. The van der Waals surface area contributed by atoms with Crippen LogP contribution in [-0.2, 0) is 0 Å².